The van der Waals surface area contributed by atoms with Crippen LogP contribution in [0.3, 0.4) is 0 Å². The molecule has 0 atom stereocenters. The lowest BCUT2D eigenvalue weighted by Crippen LogP contribution is -2.35. The van der Waals surface area contributed by atoms with Gasteiger partial charge in [0.25, 0.3) is 0 Å². The number of rotatable bonds is 10. The molecule has 180 valence electrons. The van der Waals surface area contributed by atoms with E-state index < -0.39 is 0 Å². The molecule has 0 unspecified atom stereocenters. The standard InChI is InChI=1S/C27H30N6O2/c1-3-5-18-33(27(34)28-24-12-8-9-13-25(24)35-4-2)19-20-14-16-21(17-15-20)22-10-6-7-11-23(22)26-29-31-32-30-26/h6-17H,3-5,18-19H2,1-2H3,(H,28,34)(H,29,30,31,32). The number of nitrogens with zero attached hydrogens (tertiary/aromatic N) is 4. The molecule has 0 aliphatic heterocycles. The molecule has 0 bridgehead atoms. The van der Waals surface area contributed by atoms with Gasteiger partial charge in [-0.1, -0.05) is 74.0 Å². The fourth-order valence-electron chi connectivity index (χ4n) is 3.87. The van der Waals surface area contributed by atoms with Gasteiger partial charge in [-0.2, -0.15) is 0 Å². The van der Waals surface area contributed by atoms with Gasteiger partial charge in [0, 0.05) is 18.7 Å². The third-order valence-electron chi connectivity index (χ3n) is 5.66. The zero-order chi connectivity index (χ0) is 24.5. The summed E-state index contributed by atoms with van der Waals surface area (Å²) in [7, 11) is 0. The van der Waals surface area contributed by atoms with Crippen LogP contribution in [0.1, 0.15) is 32.3 Å². The summed E-state index contributed by atoms with van der Waals surface area (Å²) < 4.78 is 5.66. The summed E-state index contributed by atoms with van der Waals surface area (Å²) in [5, 5.41) is 17.3. The minimum absolute atomic E-state index is 0.141. The summed E-state index contributed by atoms with van der Waals surface area (Å²) in [6.45, 7) is 5.76. The number of anilines is 1. The number of ether oxygens (including phenoxy) is 1. The first-order chi connectivity index (χ1) is 17.2. The molecule has 3 aromatic carbocycles. The Bertz CT molecular complexity index is 1220. The highest BCUT2D eigenvalue weighted by molar-refractivity contribution is 5.91. The summed E-state index contributed by atoms with van der Waals surface area (Å²) in [5.74, 6) is 1.29. The maximum absolute atomic E-state index is 13.2. The molecule has 8 heteroatoms. The molecule has 1 heterocycles. The fourth-order valence-corrected chi connectivity index (χ4v) is 3.87. The summed E-state index contributed by atoms with van der Waals surface area (Å²) in [5.41, 5.74) is 4.75. The van der Waals surface area contributed by atoms with Crippen molar-refractivity contribution in [3.05, 3.63) is 78.4 Å². The van der Waals surface area contributed by atoms with E-state index in [1.165, 1.54) is 0 Å². The zero-order valence-electron chi connectivity index (χ0n) is 20.1. The molecule has 0 fully saturated rings. The van der Waals surface area contributed by atoms with Gasteiger partial charge >= 0.3 is 6.03 Å². The van der Waals surface area contributed by atoms with Gasteiger partial charge in [-0.25, -0.2) is 9.89 Å². The maximum Gasteiger partial charge on any atom is 0.322 e. The predicted octanol–water partition coefficient (Wildman–Crippen LogP) is 5.77. The Morgan fingerprint density at radius 1 is 0.971 bits per heavy atom. The first-order valence-electron chi connectivity index (χ1n) is 11.9. The van der Waals surface area contributed by atoms with Gasteiger partial charge in [0.05, 0.1) is 12.3 Å². The Kier molecular flexibility index (Phi) is 8.06. The SMILES string of the molecule is CCCCN(Cc1ccc(-c2ccccc2-c2nnn[nH]2)cc1)C(=O)Nc1ccccc1OCC. The molecule has 0 radical (unpaired) electrons. The quantitative estimate of drug-likeness (QED) is 0.307. The van der Waals surface area contributed by atoms with E-state index in [2.05, 4.69) is 57.1 Å². The van der Waals surface area contributed by atoms with Crippen molar-refractivity contribution in [3.63, 3.8) is 0 Å². The van der Waals surface area contributed by atoms with Crippen LogP contribution >= 0.6 is 0 Å². The van der Waals surface area contributed by atoms with E-state index in [4.69, 9.17) is 4.74 Å². The van der Waals surface area contributed by atoms with Crippen LogP contribution in [0.4, 0.5) is 10.5 Å². The number of hydrogen-bond donors (Lipinski definition) is 2. The van der Waals surface area contributed by atoms with E-state index in [9.17, 15) is 4.79 Å². The molecule has 35 heavy (non-hydrogen) atoms. The molecule has 8 nitrogen and oxygen atoms in total. The second kappa shape index (κ2) is 11.8. The number of aromatic amines is 1. The summed E-state index contributed by atoms with van der Waals surface area (Å²) in [4.78, 5) is 15.0. The fraction of sp³-hybridized carbons (Fsp3) is 0.259. The van der Waals surface area contributed by atoms with E-state index in [0.717, 1.165) is 35.1 Å². The van der Waals surface area contributed by atoms with E-state index in [1.54, 1.807) is 0 Å². The number of unbranched alkanes of at least 4 members (excludes halogenated alkanes) is 1. The van der Waals surface area contributed by atoms with Crippen LogP contribution in [0.5, 0.6) is 5.75 Å². The van der Waals surface area contributed by atoms with Crippen LogP contribution in [-0.4, -0.2) is 44.7 Å². The van der Waals surface area contributed by atoms with Gasteiger partial charge in [-0.3, -0.25) is 0 Å². The monoisotopic (exact) mass is 470 g/mol. The predicted molar refractivity (Wildman–Crippen MR) is 137 cm³/mol. The number of urea groups is 1. The molecule has 2 N–H and O–H groups in total. The second-order valence-corrected chi connectivity index (χ2v) is 8.13. The molecule has 4 rings (SSSR count). The Balaban J connectivity index is 1.51. The smallest absolute Gasteiger partial charge is 0.322 e. The van der Waals surface area contributed by atoms with Gasteiger partial charge in [0.1, 0.15) is 5.75 Å². The van der Waals surface area contributed by atoms with Crippen LogP contribution in [0.15, 0.2) is 72.8 Å². The van der Waals surface area contributed by atoms with E-state index >= 15 is 0 Å². The number of aromatic nitrogens is 4. The lowest BCUT2D eigenvalue weighted by Gasteiger charge is -2.24. The molecular formula is C27H30N6O2. The minimum Gasteiger partial charge on any atom is -0.492 e. The van der Waals surface area contributed by atoms with Gasteiger partial charge in [-0.05, 0) is 52.6 Å². The van der Waals surface area contributed by atoms with Crippen molar-refractivity contribution >= 4 is 11.7 Å². The summed E-state index contributed by atoms with van der Waals surface area (Å²) >= 11 is 0. The lowest BCUT2D eigenvalue weighted by atomic mass is 9.98. The number of hydrogen-bond acceptors (Lipinski definition) is 5. The third-order valence-corrected chi connectivity index (χ3v) is 5.66. The summed E-state index contributed by atoms with van der Waals surface area (Å²) in [6, 6.07) is 23.6. The number of para-hydroxylation sites is 2. The van der Waals surface area contributed by atoms with Gasteiger partial charge in [0.15, 0.2) is 5.82 Å². The summed E-state index contributed by atoms with van der Waals surface area (Å²) in [6.07, 6.45) is 1.93. The molecule has 0 aliphatic rings. The molecule has 2 amide bonds. The Hall–Kier alpha value is -4.20. The average Bonchev–Trinajstić information content (AvgIpc) is 3.43. The highest BCUT2D eigenvalue weighted by Crippen LogP contribution is 2.30. The largest absolute Gasteiger partial charge is 0.492 e. The molecule has 0 saturated heterocycles. The highest BCUT2D eigenvalue weighted by Gasteiger charge is 2.16. The topological polar surface area (TPSA) is 96.0 Å². The van der Waals surface area contributed by atoms with Crippen molar-refractivity contribution in [2.24, 2.45) is 0 Å². The maximum atomic E-state index is 13.2. The first-order valence-corrected chi connectivity index (χ1v) is 11.9. The molecule has 0 spiro atoms. The highest BCUT2D eigenvalue weighted by atomic mass is 16.5. The van der Waals surface area contributed by atoms with Gasteiger partial charge in [0.2, 0.25) is 0 Å². The Labute approximate surface area is 205 Å². The number of nitrogens with one attached hydrogen (secondary N) is 2. The number of carbonyl (C=O) groups is 1. The molecule has 1 aromatic heterocycles. The third kappa shape index (κ3) is 6.03. The Morgan fingerprint density at radius 2 is 1.71 bits per heavy atom. The van der Waals surface area contributed by atoms with Crippen molar-refractivity contribution in [3.8, 4) is 28.3 Å². The van der Waals surface area contributed by atoms with Crippen LogP contribution in [0.25, 0.3) is 22.5 Å². The number of carbonyl (C=O) groups excluding carboxylic acids is 1. The van der Waals surface area contributed by atoms with Crippen molar-refractivity contribution in [1.82, 2.24) is 25.5 Å². The van der Waals surface area contributed by atoms with Crippen LogP contribution in [0, 0.1) is 0 Å². The molecule has 0 saturated carbocycles. The Morgan fingerprint density at radius 3 is 2.43 bits per heavy atom. The van der Waals surface area contributed by atoms with Gasteiger partial charge in [-0.15, -0.1) is 5.10 Å². The number of benzene rings is 3. The van der Waals surface area contributed by atoms with Crippen LogP contribution < -0.4 is 10.1 Å². The first kappa shape index (κ1) is 23.9. The van der Waals surface area contributed by atoms with Crippen molar-refractivity contribution in [1.29, 1.82) is 0 Å². The van der Waals surface area contributed by atoms with Crippen molar-refractivity contribution < 1.29 is 9.53 Å². The van der Waals surface area contributed by atoms with Crippen LogP contribution in [-0.2, 0) is 6.54 Å². The van der Waals surface area contributed by atoms with E-state index in [-0.39, 0.29) is 6.03 Å². The van der Waals surface area contributed by atoms with Crippen LogP contribution in [0.2, 0.25) is 0 Å². The van der Waals surface area contributed by atoms with Crippen molar-refractivity contribution in [2.45, 2.75) is 33.2 Å². The molecule has 0 aliphatic carbocycles. The molecular weight excluding hydrogens is 440 g/mol. The normalized spacial score (nSPS) is 10.7. The molecule has 4 aromatic rings. The minimum atomic E-state index is -0.141. The number of amides is 2. The van der Waals surface area contributed by atoms with Crippen molar-refractivity contribution in [2.75, 3.05) is 18.5 Å². The zero-order valence-corrected chi connectivity index (χ0v) is 20.1. The lowest BCUT2D eigenvalue weighted by molar-refractivity contribution is 0.208. The second-order valence-electron chi connectivity index (χ2n) is 8.13. The number of H-pyrrole nitrogens is 1. The average molecular weight is 471 g/mol. The number of tetrazole rings is 1. The van der Waals surface area contributed by atoms with E-state index in [1.807, 2.05) is 60.4 Å². The van der Waals surface area contributed by atoms with Gasteiger partial charge < -0.3 is 15.0 Å². The van der Waals surface area contributed by atoms with E-state index in [0.29, 0.717) is 37.0 Å².